The summed E-state index contributed by atoms with van der Waals surface area (Å²) in [6.07, 6.45) is 6.23. The Morgan fingerprint density at radius 3 is 2.70 bits per heavy atom. The van der Waals surface area contributed by atoms with Gasteiger partial charge in [0.25, 0.3) is 0 Å². The quantitative estimate of drug-likeness (QED) is 0.874. The predicted octanol–water partition coefficient (Wildman–Crippen LogP) is 3.35. The van der Waals surface area contributed by atoms with Crippen molar-refractivity contribution in [2.45, 2.75) is 51.5 Å². The van der Waals surface area contributed by atoms with Crippen LogP contribution >= 0.6 is 0 Å². The van der Waals surface area contributed by atoms with Gasteiger partial charge in [0.1, 0.15) is 5.82 Å². The molecule has 0 spiro atoms. The number of nitrogens with one attached hydrogen (secondary N) is 1. The first-order valence-corrected chi connectivity index (χ1v) is 9.89. The van der Waals surface area contributed by atoms with Crippen LogP contribution < -0.4 is 10.2 Å². The fourth-order valence-electron chi connectivity index (χ4n) is 4.21. The standard InChI is InChI=1S/C21H26F2N4/c1-14-17-3-2-4-20(17)26-21(25-14)7-10-24-15-8-11-27(12-9-15)16-5-6-18(22)19(23)13-16/h5-6,13,15,24H,2-4,7-12H2,1H3. The second-order valence-electron chi connectivity index (χ2n) is 7.57. The zero-order chi connectivity index (χ0) is 18.8. The van der Waals surface area contributed by atoms with E-state index < -0.39 is 11.6 Å². The SMILES string of the molecule is Cc1nc(CCNC2CCN(c3ccc(F)c(F)c3)CC2)nc2c1CCC2. The molecule has 0 atom stereocenters. The number of hydrogen-bond acceptors (Lipinski definition) is 4. The average molecular weight is 372 g/mol. The predicted molar refractivity (Wildman–Crippen MR) is 102 cm³/mol. The Labute approximate surface area is 159 Å². The van der Waals surface area contributed by atoms with E-state index in [4.69, 9.17) is 4.98 Å². The molecule has 0 saturated carbocycles. The summed E-state index contributed by atoms with van der Waals surface area (Å²) < 4.78 is 26.5. The van der Waals surface area contributed by atoms with Crippen molar-refractivity contribution in [3.63, 3.8) is 0 Å². The highest BCUT2D eigenvalue weighted by Gasteiger charge is 2.20. The van der Waals surface area contributed by atoms with Gasteiger partial charge in [0.2, 0.25) is 0 Å². The lowest BCUT2D eigenvalue weighted by Gasteiger charge is -2.34. The van der Waals surface area contributed by atoms with Gasteiger partial charge in [-0.1, -0.05) is 0 Å². The van der Waals surface area contributed by atoms with Crippen LogP contribution in [0.15, 0.2) is 18.2 Å². The Morgan fingerprint density at radius 1 is 1.11 bits per heavy atom. The Balaban J connectivity index is 1.25. The molecular weight excluding hydrogens is 346 g/mol. The second kappa shape index (κ2) is 7.89. The zero-order valence-corrected chi connectivity index (χ0v) is 15.8. The number of halogens is 2. The number of hydrogen-bond donors (Lipinski definition) is 1. The molecule has 0 radical (unpaired) electrons. The van der Waals surface area contributed by atoms with Gasteiger partial charge in [-0.3, -0.25) is 0 Å². The number of piperidine rings is 1. The number of aromatic nitrogens is 2. The molecule has 2 heterocycles. The van der Waals surface area contributed by atoms with E-state index in [1.807, 2.05) is 0 Å². The maximum Gasteiger partial charge on any atom is 0.160 e. The van der Waals surface area contributed by atoms with Gasteiger partial charge in [-0.2, -0.15) is 0 Å². The van der Waals surface area contributed by atoms with Crippen LogP contribution in [-0.2, 0) is 19.3 Å². The van der Waals surface area contributed by atoms with Crippen LogP contribution in [0.25, 0.3) is 0 Å². The molecule has 1 N–H and O–H groups in total. The van der Waals surface area contributed by atoms with E-state index in [1.165, 1.54) is 29.8 Å². The first-order valence-electron chi connectivity index (χ1n) is 9.89. The van der Waals surface area contributed by atoms with Crippen LogP contribution in [0, 0.1) is 18.6 Å². The molecule has 0 amide bonds. The zero-order valence-electron chi connectivity index (χ0n) is 15.8. The van der Waals surface area contributed by atoms with Gasteiger partial charge in [-0.05, 0) is 56.7 Å². The minimum atomic E-state index is -0.792. The molecule has 27 heavy (non-hydrogen) atoms. The van der Waals surface area contributed by atoms with E-state index in [-0.39, 0.29) is 0 Å². The van der Waals surface area contributed by atoms with Crippen LogP contribution in [0.2, 0.25) is 0 Å². The van der Waals surface area contributed by atoms with Crippen LogP contribution in [0.4, 0.5) is 14.5 Å². The number of anilines is 1. The Morgan fingerprint density at radius 2 is 1.93 bits per heavy atom. The Kier molecular flexibility index (Phi) is 5.34. The van der Waals surface area contributed by atoms with Gasteiger partial charge < -0.3 is 10.2 Å². The third-order valence-electron chi connectivity index (χ3n) is 5.73. The van der Waals surface area contributed by atoms with E-state index in [0.717, 1.165) is 68.9 Å². The minimum Gasteiger partial charge on any atom is -0.371 e. The summed E-state index contributed by atoms with van der Waals surface area (Å²) >= 11 is 0. The first-order chi connectivity index (χ1) is 13.1. The van der Waals surface area contributed by atoms with Crippen molar-refractivity contribution in [1.29, 1.82) is 0 Å². The largest absolute Gasteiger partial charge is 0.371 e. The van der Waals surface area contributed by atoms with Crippen molar-refractivity contribution in [2.24, 2.45) is 0 Å². The summed E-state index contributed by atoms with van der Waals surface area (Å²) in [4.78, 5) is 11.5. The van der Waals surface area contributed by atoms with Crippen molar-refractivity contribution < 1.29 is 8.78 Å². The molecular formula is C21H26F2N4. The molecule has 1 aromatic carbocycles. The summed E-state index contributed by atoms with van der Waals surface area (Å²) in [5.74, 6) is -0.628. The molecule has 1 aromatic heterocycles. The van der Waals surface area contributed by atoms with Gasteiger partial charge in [-0.25, -0.2) is 18.7 Å². The summed E-state index contributed by atoms with van der Waals surface area (Å²) in [6.45, 7) is 4.65. The van der Waals surface area contributed by atoms with Gasteiger partial charge in [0.05, 0.1) is 0 Å². The maximum atomic E-state index is 13.4. The molecule has 4 nitrogen and oxygen atoms in total. The molecule has 0 bridgehead atoms. The molecule has 144 valence electrons. The average Bonchev–Trinajstić information content (AvgIpc) is 3.14. The van der Waals surface area contributed by atoms with Crippen molar-refractivity contribution in [2.75, 3.05) is 24.5 Å². The number of fused-ring (bicyclic) bond motifs is 1. The third-order valence-corrected chi connectivity index (χ3v) is 5.73. The van der Waals surface area contributed by atoms with Gasteiger partial charge in [-0.15, -0.1) is 0 Å². The fraction of sp³-hybridized carbons (Fsp3) is 0.524. The number of nitrogens with zero attached hydrogens (tertiary/aromatic N) is 3. The van der Waals surface area contributed by atoms with Gasteiger partial charge in [0.15, 0.2) is 11.6 Å². The summed E-state index contributed by atoms with van der Waals surface area (Å²) in [5.41, 5.74) is 4.51. The lowest BCUT2D eigenvalue weighted by molar-refractivity contribution is 0.415. The van der Waals surface area contributed by atoms with E-state index in [2.05, 4.69) is 22.1 Å². The molecule has 6 heteroatoms. The van der Waals surface area contributed by atoms with Crippen LogP contribution in [0.5, 0.6) is 0 Å². The normalized spacial score (nSPS) is 17.4. The number of aryl methyl sites for hydroxylation is 2. The molecule has 0 unspecified atom stereocenters. The highest BCUT2D eigenvalue weighted by molar-refractivity contribution is 5.47. The molecule has 2 aromatic rings. The molecule has 1 aliphatic carbocycles. The lowest BCUT2D eigenvalue weighted by atomic mass is 10.0. The minimum absolute atomic E-state index is 0.446. The van der Waals surface area contributed by atoms with E-state index >= 15 is 0 Å². The second-order valence-corrected chi connectivity index (χ2v) is 7.57. The van der Waals surface area contributed by atoms with Gasteiger partial charge >= 0.3 is 0 Å². The van der Waals surface area contributed by atoms with Crippen molar-refractivity contribution in [1.82, 2.24) is 15.3 Å². The molecule has 2 aliphatic rings. The van der Waals surface area contributed by atoms with Gasteiger partial charge in [0, 0.05) is 55.2 Å². The highest BCUT2D eigenvalue weighted by atomic mass is 19.2. The summed E-state index contributed by atoms with van der Waals surface area (Å²) in [5, 5.41) is 3.61. The van der Waals surface area contributed by atoms with E-state index in [1.54, 1.807) is 6.07 Å². The molecule has 1 aliphatic heterocycles. The molecule has 1 fully saturated rings. The van der Waals surface area contributed by atoms with Crippen molar-refractivity contribution >= 4 is 5.69 Å². The van der Waals surface area contributed by atoms with Crippen LogP contribution in [0.3, 0.4) is 0 Å². The molecule has 1 saturated heterocycles. The van der Waals surface area contributed by atoms with Crippen LogP contribution in [0.1, 0.15) is 42.0 Å². The van der Waals surface area contributed by atoms with Crippen molar-refractivity contribution in [3.8, 4) is 0 Å². The van der Waals surface area contributed by atoms with Crippen molar-refractivity contribution in [3.05, 3.63) is 52.6 Å². The lowest BCUT2D eigenvalue weighted by Crippen LogP contribution is -2.43. The van der Waals surface area contributed by atoms with E-state index in [0.29, 0.717) is 6.04 Å². The summed E-state index contributed by atoms with van der Waals surface area (Å²) in [7, 11) is 0. The summed E-state index contributed by atoms with van der Waals surface area (Å²) in [6, 6.07) is 4.59. The van der Waals surface area contributed by atoms with Crippen LogP contribution in [-0.4, -0.2) is 35.6 Å². The smallest absolute Gasteiger partial charge is 0.160 e. The topological polar surface area (TPSA) is 41.1 Å². The third kappa shape index (κ3) is 4.10. The number of rotatable bonds is 5. The molecule has 4 rings (SSSR count). The maximum absolute atomic E-state index is 13.4. The number of benzene rings is 1. The first kappa shape index (κ1) is 18.3. The Bertz CT molecular complexity index is 816. The fourth-order valence-corrected chi connectivity index (χ4v) is 4.21. The van der Waals surface area contributed by atoms with E-state index in [9.17, 15) is 8.78 Å². The monoisotopic (exact) mass is 372 g/mol. The highest BCUT2D eigenvalue weighted by Crippen LogP contribution is 2.23. The Hall–Kier alpha value is -2.08.